The number of methoxy groups -OCH3 is 1. The van der Waals surface area contributed by atoms with E-state index < -0.39 is 6.04 Å². The number of fused-ring (bicyclic) bond motifs is 2. The second-order valence-corrected chi connectivity index (χ2v) is 6.84. The summed E-state index contributed by atoms with van der Waals surface area (Å²) in [5.41, 5.74) is 4.51. The molecule has 0 aliphatic carbocycles. The minimum Gasteiger partial charge on any atom is -0.468 e. The summed E-state index contributed by atoms with van der Waals surface area (Å²) in [4.78, 5) is 29.1. The van der Waals surface area contributed by atoms with Crippen molar-refractivity contribution in [3.63, 3.8) is 0 Å². The molecule has 0 spiro atoms. The molecule has 2 heterocycles. The summed E-state index contributed by atoms with van der Waals surface area (Å²) in [6, 6.07) is 15.7. The maximum Gasteiger partial charge on any atom is 0.323 e. The topological polar surface area (TPSA) is 49.9 Å². The van der Waals surface area contributed by atoms with Crippen LogP contribution in [-0.4, -0.2) is 43.0 Å². The first-order valence-corrected chi connectivity index (χ1v) is 8.94. The van der Waals surface area contributed by atoms with Crippen LogP contribution in [0.5, 0.6) is 0 Å². The van der Waals surface area contributed by atoms with Crippen LogP contribution in [-0.2, 0) is 33.7 Å². The van der Waals surface area contributed by atoms with E-state index in [0.29, 0.717) is 19.5 Å². The highest BCUT2D eigenvalue weighted by atomic mass is 16.5. The second kappa shape index (κ2) is 6.92. The van der Waals surface area contributed by atoms with Gasteiger partial charge in [-0.15, -0.1) is 0 Å². The van der Waals surface area contributed by atoms with E-state index in [1.54, 1.807) is 0 Å². The number of benzene rings is 2. The van der Waals surface area contributed by atoms with Crippen molar-refractivity contribution in [2.45, 2.75) is 25.4 Å². The number of para-hydroxylation sites is 1. The third-order valence-electron chi connectivity index (χ3n) is 5.35. The fraction of sp³-hybridized carbons (Fsp3) is 0.333. The Morgan fingerprint density at radius 2 is 1.73 bits per heavy atom. The highest BCUT2D eigenvalue weighted by Gasteiger charge is 2.35. The van der Waals surface area contributed by atoms with Crippen molar-refractivity contribution in [3.05, 3.63) is 65.2 Å². The average molecular weight is 350 g/mol. The number of anilines is 1. The highest BCUT2D eigenvalue weighted by molar-refractivity contribution is 5.97. The zero-order chi connectivity index (χ0) is 18.1. The van der Waals surface area contributed by atoms with Gasteiger partial charge in [0.15, 0.2) is 0 Å². The van der Waals surface area contributed by atoms with Crippen LogP contribution in [0.3, 0.4) is 0 Å². The summed E-state index contributed by atoms with van der Waals surface area (Å²) >= 11 is 0. The molecule has 1 atom stereocenters. The molecule has 0 saturated heterocycles. The molecular formula is C21H22N2O3. The predicted octanol–water partition coefficient (Wildman–Crippen LogP) is 2.18. The number of amides is 1. The molecule has 5 heteroatoms. The molecule has 134 valence electrons. The van der Waals surface area contributed by atoms with E-state index >= 15 is 0 Å². The van der Waals surface area contributed by atoms with Crippen LogP contribution < -0.4 is 4.90 Å². The zero-order valence-corrected chi connectivity index (χ0v) is 14.9. The maximum absolute atomic E-state index is 13.0. The Bertz CT molecular complexity index is 849. The molecular weight excluding hydrogens is 328 g/mol. The van der Waals surface area contributed by atoms with Gasteiger partial charge in [-0.2, -0.15) is 0 Å². The van der Waals surface area contributed by atoms with E-state index in [2.05, 4.69) is 12.1 Å². The van der Waals surface area contributed by atoms with E-state index in [1.807, 2.05) is 46.2 Å². The number of rotatable bonds is 3. The maximum atomic E-state index is 13.0. The molecule has 0 bridgehead atoms. The largest absolute Gasteiger partial charge is 0.468 e. The normalized spacial score (nSPS) is 19.0. The van der Waals surface area contributed by atoms with Crippen LogP contribution >= 0.6 is 0 Å². The Hall–Kier alpha value is -2.66. The SMILES string of the molecule is COC(=O)[C@@H]1Cc2ccccc2CN1CC(=O)N1CCc2ccccc21. The van der Waals surface area contributed by atoms with E-state index in [-0.39, 0.29) is 18.4 Å². The number of carbonyl (C=O) groups excluding carboxylic acids is 2. The van der Waals surface area contributed by atoms with Gasteiger partial charge in [-0.05, 0) is 35.6 Å². The first kappa shape index (κ1) is 16.8. The molecule has 0 aromatic heterocycles. The molecule has 0 N–H and O–H groups in total. The average Bonchev–Trinajstić information content (AvgIpc) is 3.11. The van der Waals surface area contributed by atoms with Gasteiger partial charge < -0.3 is 9.64 Å². The van der Waals surface area contributed by atoms with Crippen LogP contribution in [0.15, 0.2) is 48.5 Å². The van der Waals surface area contributed by atoms with Crippen LogP contribution in [0.2, 0.25) is 0 Å². The van der Waals surface area contributed by atoms with Gasteiger partial charge in [0, 0.05) is 18.8 Å². The molecule has 2 aliphatic rings. The quantitative estimate of drug-likeness (QED) is 0.796. The molecule has 5 nitrogen and oxygen atoms in total. The van der Waals surface area contributed by atoms with E-state index in [1.165, 1.54) is 18.2 Å². The van der Waals surface area contributed by atoms with Crippen molar-refractivity contribution in [3.8, 4) is 0 Å². The van der Waals surface area contributed by atoms with Crippen LogP contribution in [0.1, 0.15) is 16.7 Å². The van der Waals surface area contributed by atoms with Gasteiger partial charge in [0.1, 0.15) is 6.04 Å². The number of ether oxygens (including phenoxy) is 1. The van der Waals surface area contributed by atoms with Crippen LogP contribution in [0.4, 0.5) is 5.69 Å². The smallest absolute Gasteiger partial charge is 0.323 e. The number of hydrogen-bond acceptors (Lipinski definition) is 4. The fourth-order valence-corrected chi connectivity index (χ4v) is 3.97. The summed E-state index contributed by atoms with van der Waals surface area (Å²) < 4.78 is 4.99. The molecule has 2 aromatic rings. The lowest BCUT2D eigenvalue weighted by atomic mass is 9.94. The third kappa shape index (κ3) is 2.99. The summed E-state index contributed by atoms with van der Waals surface area (Å²) in [6.45, 7) is 1.49. The zero-order valence-electron chi connectivity index (χ0n) is 14.9. The summed E-state index contributed by atoms with van der Waals surface area (Å²) in [5, 5.41) is 0. The Morgan fingerprint density at radius 1 is 1.04 bits per heavy atom. The molecule has 0 radical (unpaired) electrons. The van der Waals surface area contributed by atoms with Crippen molar-refractivity contribution in [2.24, 2.45) is 0 Å². The molecule has 1 amide bonds. The van der Waals surface area contributed by atoms with E-state index in [4.69, 9.17) is 4.74 Å². The van der Waals surface area contributed by atoms with Crippen molar-refractivity contribution in [1.29, 1.82) is 0 Å². The Balaban J connectivity index is 1.56. The highest BCUT2D eigenvalue weighted by Crippen LogP contribution is 2.29. The number of carbonyl (C=O) groups is 2. The van der Waals surface area contributed by atoms with Crippen LogP contribution in [0.25, 0.3) is 0 Å². The third-order valence-corrected chi connectivity index (χ3v) is 5.35. The molecule has 0 unspecified atom stereocenters. The number of nitrogens with zero attached hydrogens (tertiary/aromatic N) is 2. The molecule has 2 aromatic carbocycles. The number of esters is 1. The van der Waals surface area contributed by atoms with Gasteiger partial charge in [-0.3, -0.25) is 14.5 Å². The van der Waals surface area contributed by atoms with Gasteiger partial charge in [0.2, 0.25) is 5.91 Å². The monoisotopic (exact) mass is 350 g/mol. The van der Waals surface area contributed by atoms with Crippen molar-refractivity contribution in [2.75, 3.05) is 25.1 Å². The van der Waals surface area contributed by atoms with Crippen molar-refractivity contribution >= 4 is 17.6 Å². The summed E-state index contributed by atoms with van der Waals surface area (Å²) in [6.07, 6.45) is 1.46. The molecule has 0 fully saturated rings. The van der Waals surface area contributed by atoms with Gasteiger partial charge in [0.25, 0.3) is 0 Å². The van der Waals surface area contributed by atoms with Gasteiger partial charge in [0.05, 0.1) is 13.7 Å². The predicted molar refractivity (Wildman–Crippen MR) is 98.9 cm³/mol. The first-order chi connectivity index (χ1) is 12.7. The summed E-state index contributed by atoms with van der Waals surface area (Å²) in [5.74, 6) is -0.252. The van der Waals surface area contributed by atoms with Crippen molar-refractivity contribution in [1.82, 2.24) is 4.90 Å². The first-order valence-electron chi connectivity index (χ1n) is 8.94. The lowest BCUT2D eigenvalue weighted by Gasteiger charge is -2.35. The van der Waals surface area contributed by atoms with Gasteiger partial charge in [-0.1, -0.05) is 42.5 Å². The lowest BCUT2D eigenvalue weighted by molar-refractivity contribution is -0.148. The molecule has 2 aliphatic heterocycles. The molecule has 0 saturated carbocycles. The summed E-state index contributed by atoms with van der Waals surface area (Å²) in [7, 11) is 1.40. The fourth-order valence-electron chi connectivity index (χ4n) is 3.97. The second-order valence-electron chi connectivity index (χ2n) is 6.84. The van der Waals surface area contributed by atoms with Gasteiger partial charge in [-0.25, -0.2) is 0 Å². The van der Waals surface area contributed by atoms with E-state index in [0.717, 1.165) is 17.7 Å². The van der Waals surface area contributed by atoms with Gasteiger partial charge >= 0.3 is 5.97 Å². The Labute approximate surface area is 153 Å². The van der Waals surface area contributed by atoms with E-state index in [9.17, 15) is 9.59 Å². The van der Waals surface area contributed by atoms with Crippen LogP contribution in [0, 0.1) is 0 Å². The lowest BCUT2D eigenvalue weighted by Crippen LogP contribution is -2.50. The molecule has 26 heavy (non-hydrogen) atoms. The minimum absolute atomic E-state index is 0.0308. The van der Waals surface area contributed by atoms with Crippen molar-refractivity contribution < 1.29 is 14.3 Å². The Morgan fingerprint density at radius 3 is 2.50 bits per heavy atom. The number of hydrogen-bond donors (Lipinski definition) is 0. The Kier molecular flexibility index (Phi) is 4.47. The minimum atomic E-state index is -0.420. The molecule has 4 rings (SSSR count). The standard InChI is InChI=1S/C21H22N2O3/c1-26-21(25)19-12-16-7-2-3-8-17(16)13-22(19)14-20(24)23-11-10-15-6-4-5-9-18(15)23/h2-9,19H,10-14H2,1H3/t19-/m0/s1.